The van der Waals surface area contributed by atoms with Crippen molar-refractivity contribution >= 4 is 22.5 Å². The molecule has 2 N–H and O–H groups in total. The molecule has 0 radical (unpaired) electrons. The highest BCUT2D eigenvalue weighted by molar-refractivity contribution is 6.34. The number of aromatic amines is 1. The number of halogens is 1. The molecular formula is C12H14ClN3. The fraction of sp³-hybridized carbons (Fsp3) is 0.417. The Morgan fingerprint density at radius 1 is 1.44 bits per heavy atom. The maximum atomic E-state index is 5.99. The second kappa shape index (κ2) is 3.47. The molecule has 1 unspecified atom stereocenters. The van der Waals surface area contributed by atoms with Gasteiger partial charge in [-0.1, -0.05) is 17.7 Å². The number of nitrogens with one attached hydrogen (secondary N) is 2. The molecule has 1 aliphatic heterocycles. The lowest BCUT2D eigenvalue weighted by molar-refractivity contribution is 0.435. The number of H-pyrrole nitrogens is 1. The van der Waals surface area contributed by atoms with Gasteiger partial charge in [0.1, 0.15) is 5.15 Å². The van der Waals surface area contributed by atoms with Crippen LogP contribution in [0.5, 0.6) is 0 Å². The molecule has 2 aromatic rings. The van der Waals surface area contributed by atoms with E-state index in [1.807, 2.05) is 6.07 Å². The third-order valence-corrected chi connectivity index (χ3v) is 3.80. The smallest absolute Gasteiger partial charge is 0.132 e. The zero-order valence-electron chi connectivity index (χ0n) is 9.18. The van der Waals surface area contributed by atoms with Crippen molar-refractivity contribution in [3.8, 4) is 0 Å². The van der Waals surface area contributed by atoms with Crippen LogP contribution in [0.4, 0.5) is 0 Å². The van der Waals surface area contributed by atoms with Crippen molar-refractivity contribution in [2.24, 2.45) is 0 Å². The minimum atomic E-state index is 0.0968. The van der Waals surface area contributed by atoms with Crippen molar-refractivity contribution in [3.63, 3.8) is 0 Å². The first-order valence-electron chi connectivity index (χ1n) is 5.58. The first-order chi connectivity index (χ1) is 7.69. The second-order valence-electron chi connectivity index (χ2n) is 4.63. The summed E-state index contributed by atoms with van der Waals surface area (Å²) < 4.78 is 0. The summed E-state index contributed by atoms with van der Waals surface area (Å²) in [5.74, 6) is 0. The van der Waals surface area contributed by atoms with Crippen LogP contribution in [0.15, 0.2) is 18.2 Å². The Hall–Kier alpha value is -1.06. The Morgan fingerprint density at radius 2 is 2.31 bits per heavy atom. The monoisotopic (exact) mass is 235 g/mol. The molecule has 4 heteroatoms. The molecule has 0 saturated carbocycles. The van der Waals surface area contributed by atoms with Crippen molar-refractivity contribution in [3.05, 3.63) is 28.9 Å². The van der Waals surface area contributed by atoms with Crippen LogP contribution in [-0.2, 0) is 5.54 Å². The number of hydrogen-bond donors (Lipinski definition) is 2. The largest absolute Gasteiger partial charge is 0.308 e. The molecule has 3 nitrogen and oxygen atoms in total. The van der Waals surface area contributed by atoms with Crippen molar-refractivity contribution in [1.29, 1.82) is 0 Å². The summed E-state index contributed by atoms with van der Waals surface area (Å²) in [6.45, 7) is 3.34. The molecule has 84 valence electrons. The van der Waals surface area contributed by atoms with Crippen molar-refractivity contribution in [1.82, 2.24) is 15.5 Å². The van der Waals surface area contributed by atoms with Gasteiger partial charge in [-0.3, -0.25) is 5.10 Å². The van der Waals surface area contributed by atoms with Crippen LogP contribution < -0.4 is 5.32 Å². The molecule has 1 aromatic heterocycles. The van der Waals surface area contributed by atoms with E-state index in [-0.39, 0.29) is 5.54 Å². The van der Waals surface area contributed by atoms with Crippen LogP contribution in [0.2, 0.25) is 5.15 Å². The standard InChI is InChI=1S/C12H14ClN3/c1-12(5-2-6-14-12)8-3-4-9-10(7-8)15-16-11(9)13/h3-4,7,14H,2,5-6H2,1H3,(H,15,16). The van der Waals surface area contributed by atoms with Gasteiger partial charge in [-0.05, 0) is 44.0 Å². The second-order valence-corrected chi connectivity index (χ2v) is 5.01. The molecule has 0 bridgehead atoms. The van der Waals surface area contributed by atoms with Crippen LogP contribution in [0.3, 0.4) is 0 Å². The van der Waals surface area contributed by atoms with Crippen LogP contribution in [0.1, 0.15) is 25.3 Å². The molecule has 1 saturated heterocycles. The predicted molar refractivity (Wildman–Crippen MR) is 65.7 cm³/mol. The average Bonchev–Trinajstić information content (AvgIpc) is 2.87. The van der Waals surface area contributed by atoms with Crippen LogP contribution in [0.25, 0.3) is 10.9 Å². The van der Waals surface area contributed by atoms with E-state index >= 15 is 0 Å². The topological polar surface area (TPSA) is 40.7 Å². The number of aromatic nitrogens is 2. The number of rotatable bonds is 1. The Kier molecular flexibility index (Phi) is 2.19. The molecule has 0 amide bonds. The fourth-order valence-corrected chi connectivity index (χ4v) is 2.67. The van der Waals surface area contributed by atoms with Crippen LogP contribution in [-0.4, -0.2) is 16.7 Å². The molecule has 0 spiro atoms. The van der Waals surface area contributed by atoms with Gasteiger partial charge in [-0.15, -0.1) is 0 Å². The highest BCUT2D eigenvalue weighted by atomic mass is 35.5. The lowest BCUT2D eigenvalue weighted by Crippen LogP contribution is -2.32. The third-order valence-electron chi connectivity index (χ3n) is 3.51. The lowest BCUT2D eigenvalue weighted by Gasteiger charge is -2.24. The molecule has 1 fully saturated rings. The Labute approximate surface area is 99.2 Å². The molecule has 16 heavy (non-hydrogen) atoms. The van der Waals surface area contributed by atoms with Gasteiger partial charge < -0.3 is 5.32 Å². The van der Waals surface area contributed by atoms with Gasteiger partial charge in [-0.2, -0.15) is 5.10 Å². The van der Waals surface area contributed by atoms with Gasteiger partial charge in [-0.25, -0.2) is 0 Å². The summed E-state index contributed by atoms with van der Waals surface area (Å²) in [6.07, 6.45) is 2.41. The van der Waals surface area contributed by atoms with Gasteiger partial charge in [0.05, 0.1) is 5.52 Å². The van der Waals surface area contributed by atoms with E-state index in [0.717, 1.165) is 17.4 Å². The molecule has 1 aromatic carbocycles. The zero-order chi connectivity index (χ0) is 11.2. The van der Waals surface area contributed by atoms with E-state index < -0.39 is 0 Å². The van der Waals surface area contributed by atoms with Gasteiger partial charge >= 0.3 is 0 Å². The summed E-state index contributed by atoms with van der Waals surface area (Å²) in [6, 6.07) is 6.31. The lowest BCUT2D eigenvalue weighted by atomic mass is 9.90. The first kappa shape index (κ1) is 10.1. The summed E-state index contributed by atoms with van der Waals surface area (Å²) in [5, 5.41) is 12.2. The first-order valence-corrected chi connectivity index (χ1v) is 5.96. The maximum absolute atomic E-state index is 5.99. The molecule has 1 aliphatic rings. The number of hydrogen-bond acceptors (Lipinski definition) is 2. The summed E-state index contributed by atoms with van der Waals surface area (Å²) in [5.41, 5.74) is 2.33. The summed E-state index contributed by atoms with van der Waals surface area (Å²) >= 11 is 5.99. The van der Waals surface area contributed by atoms with Gasteiger partial charge in [0.25, 0.3) is 0 Å². The number of benzene rings is 1. The van der Waals surface area contributed by atoms with E-state index in [4.69, 9.17) is 11.6 Å². The quantitative estimate of drug-likeness (QED) is 0.798. The number of nitrogens with zero attached hydrogens (tertiary/aromatic N) is 1. The van der Waals surface area contributed by atoms with E-state index in [2.05, 4.69) is 34.6 Å². The van der Waals surface area contributed by atoms with Gasteiger partial charge in [0.15, 0.2) is 0 Å². The SMILES string of the molecule is CC1(c2ccc3c(Cl)[nH]nc3c2)CCCN1. The Balaban J connectivity index is 2.11. The predicted octanol–water partition coefficient (Wildman–Crippen LogP) is 2.81. The number of fused-ring (bicyclic) bond motifs is 1. The van der Waals surface area contributed by atoms with Gasteiger partial charge in [0.2, 0.25) is 0 Å². The van der Waals surface area contributed by atoms with Crippen LogP contribution >= 0.6 is 11.6 Å². The normalized spacial score (nSPS) is 25.4. The van der Waals surface area contributed by atoms with Crippen molar-refractivity contribution < 1.29 is 0 Å². The Bertz CT molecular complexity index is 526. The molecular weight excluding hydrogens is 222 g/mol. The third kappa shape index (κ3) is 1.43. The highest BCUT2D eigenvalue weighted by Crippen LogP contribution is 2.32. The van der Waals surface area contributed by atoms with E-state index in [1.165, 1.54) is 18.4 Å². The minimum absolute atomic E-state index is 0.0968. The van der Waals surface area contributed by atoms with E-state index in [0.29, 0.717) is 5.15 Å². The summed E-state index contributed by atoms with van der Waals surface area (Å²) in [7, 11) is 0. The maximum Gasteiger partial charge on any atom is 0.132 e. The average molecular weight is 236 g/mol. The zero-order valence-corrected chi connectivity index (χ0v) is 9.93. The summed E-state index contributed by atoms with van der Waals surface area (Å²) in [4.78, 5) is 0. The molecule has 1 atom stereocenters. The van der Waals surface area contributed by atoms with Crippen molar-refractivity contribution in [2.75, 3.05) is 6.54 Å². The molecule has 0 aliphatic carbocycles. The van der Waals surface area contributed by atoms with E-state index in [1.54, 1.807) is 0 Å². The van der Waals surface area contributed by atoms with E-state index in [9.17, 15) is 0 Å². The molecule has 2 heterocycles. The van der Waals surface area contributed by atoms with Crippen molar-refractivity contribution in [2.45, 2.75) is 25.3 Å². The molecule has 3 rings (SSSR count). The minimum Gasteiger partial charge on any atom is -0.308 e. The highest BCUT2D eigenvalue weighted by Gasteiger charge is 2.30. The van der Waals surface area contributed by atoms with Gasteiger partial charge in [0, 0.05) is 10.9 Å². The van der Waals surface area contributed by atoms with Crippen LogP contribution in [0, 0.1) is 0 Å². The fourth-order valence-electron chi connectivity index (χ4n) is 2.46. The Morgan fingerprint density at radius 3 is 3.06 bits per heavy atom.